The van der Waals surface area contributed by atoms with Gasteiger partial charge in [-0.1, -0.05) is 13.8 Å². The maximum atomic E-state index is 5.58. The van der Waals surface area contributed by atoms with E-state index in [1.54, 1.807) is 0 Å². The molecule has 0 radical (unpaired) electrons. The van der Waals surface area contributed by atoms with Gasteiger partial charge in [0.2, 0.25) is 0 Å². The summed E-state index contributed by atoms with van der Waals surface area (Å²) in [6.45, 7) is 7.19. The number of nitrogens with zero attached hydrogens (tertiary/aromatic N) is 3. The molecule has 1 aromatic heterocycles. The van der Waals surface area contributed by atoms with Crippen LogP contribution in [0.1, 0.15) is 38.3 Å². The zero-order chi connectivity index (χ0) is 11.5. The minimum absolute atomic E-state index is 0.300. The van der Waals surface area contributed by atoms with E-state index >= 15 is 0 Å². The Morgan fingerprint density at radius 1 is 1.33 bits per heavy atom. The molecule has 1 rings (SSSR count). The van der Waals surface area contributed by atoms with Crippen LogP contribution >= 0.6 is 0 Å². The Kier molecular flexibility index (Phi) is 3.85. The molecule has 0 aliphatic rings. The van der Waals surface area contributed by atoms with Crippen LogP contribution in [0.5, 0.6) is 0 Å². The Labute approximate surface area is 91.9 Å². The van der Waals surface area contributed by atoms with Gasteiger partial charge in [0.05, 0.1) is 0 Å². The highest BCUT2D eigenvalue weighted by Gasteiger charge is 2.17. The first kappa shape index (κ1) is 12.2. The monoisotopic (exact) mass is 210 g/mol. The van der Waals surface area contributed by atoms with Gasteiger partial charge in [0.25, 0.3) is 0 Å². The topological polar surface area (TPSA) is 56.7 Å². The standard InChI is InChI=1S/C11H22N4/c1-9-13-10(15(4)14-9)5-6-11(2,3)7-8-12/h5-8,12H2,1-4H3. The van der Waals surface area contributed by atoms with Crippen molar-refractivity contribution < 1.29 is 0 Å². The molecule has 1 aromatic rings. The molecule has 0 aliphatic heterocycles. The van der Waals surface area contributed by atoms with Crippen molar-refractivity contribution in [2.24, 2.45) is 18.2 Å². The summed E-state index contributed by atoms with van der Waals surface area (Å²) in [6, 6.07) is 0. The number of nitrogens with two attached hydrogens (primary N) is 1. The average molecular weight is 210 g/mol. The van der Waals surface area contributed by atoms with E-state index in [4.69, 9.17) is 5.73 Å². The number of aryl methyl sites for hydroxylation is 3. The van der Waals surface area contributed by atoms with Gasteiger partial charge in [0, 0.05) is 13.5 Å². The van der Waals surface area contributed by atoms with Crippen molar-refractivity contribution in [2.45, 2.75) is 40.0 Å². The summed E-state index contributed by atoms with van der Waals surface area (Å²) in [5.74, 6) is 1.92. The number of rotatable bonds is 5. The zero-order valence-electron chi connectivity index (χ0n) is 10.2. The summed E-state index contributed by atoms with van der Waals surface area (Å²) < 4.78 is 1.87. The Morgan fingerprint density at radius 2 is 2.00 bits per heavy atom. The number of hydrogen-bond acceptors (Lipinski definition) is 3. The normalized spacial score (nSPS) is 12.1. The van der Waals surface area contributed by atoms with Gasteiger partial charge in [-0.15, -0.1) is 0 Å². The van der Waals surface area contributed by atoms with Crippen LogP contribution in [0.15, 0.2) is 0 Å². The SMILES string of the molecule is Cc1nc(CCC(C)(C)CCN)n(C)n1. The second kappa shape index (κ2) is 4.75. The quantitative estimate of drug-likeness (QED) is 0.800. The summed E-state index contributed by atoms with van der Waals surface area (Å²) >= 11 is 0. The molecule has 0 aliphatic carbocycles. The second-order valence-corrected chi connectivity index (χ2v) is 4.90. The fourth-order valence-corrected chi connectivity index (χ4v) is 1.74. The number of hydrogen-bond donors (Lipinski definition) is 1. The number of aromatic nitrogens is 3. The fraction of sp³-hybridized carbons (Fsp3) is 0.818. The molecular weight excluding hydrogens is 188 g/mol. The van der Waals surface area contributed by atoms with Crippen LogP contribution < -0.4 is 5.73 Å². The van der Waals surface area contributed by atoms with Crippen molar-refractivity contribution >= 4 is 0 Å². The zero-order valence-corrected chi connectivity index (χ0v) is 10.2. The lowest BCUT2D eigenvalue weighted by Gasteiger charge is -2.23. The van der Waals surface area contributed by atoms with E-state index in [0.29, 0.717) is 5.41 Å². The summed E-state index contributed by atoms with van der Waals surface area (Å²) in [7, 11) is 1.95. The lowest BCUT2D eigenvalue weighted by Crippen LogP contribution is -2.18. The molecule has 86 valence electrons. The predicted octanol–water partition coefficient (Wildman–Crippen LogP) is 1.43. The van der Waals surface area contributed by atoms with Crippen LogP contribution in [0.4, 0.5) is 0 Å². The second-order valence-electron chi connectivity index (χ2n) is 4.90. The largest absolute Gasteiger partial charge is 0.330 e. The van der Waals surface area contributed by atoms with E-state index in [9.17, 15) is 0 Å². The molecule has 0 spiro atoms. The van der Waals surface area contributed by atoms with Gasteiger partial charge in [0.1, 0.15) is 11.6 Å². The van der Waals surface area contributed by atoms with Crippen molar-refractivity contribution in [1.29, 1.82) is 0 Å². The van der Waals surface area contributed by atoms with E-state index in [2.05, 4.69) is 23.9 Å². The third kappa shape index (κ3) is 3.63. The van der Waals surface area contributed by atoms with E-state index in [1.807, 2.05) is 18.7 Å². The third-order valence-corrected chi connectivity index (χ3v) is 2.81. The van der Waals surface area contributed by atoms with Crippen LogP contribution in [0.3, 0.4) is 0 Å². The van der Waals surface area contributed by atoms with E-state index < -0.39 is 0 Å². The highest BCUT2D eigenvalue weighted by atomic mass is 15.3. The first-order valence-corrected chi connectivity index (χ1v) is 5.51. The van der Waals surface area contributed by atoms with Crippen LogP contribution in [-0.4, -0.2) is 21.3 Å². The van der Waals surface area contributed by atoms with Gasteiger partial charge in [-0.25, -0.2) is 4.98 Å². The molecule has 0 bridgehead atoms. The molecule has 0 saturated heterocycles. The molecule has 0 aromatic carbocycles. The summed E-state index contributed by atoms with van der Waals surface area (Å²) in [5.41, 5.74) is 5.88. The molecule has 0 atom stereocenters. The first-order chi connectivity index (χ1) is 6.94. The van der Waals surface area contributed by atoms with Crippen LogP contribution in [0.25, 0.3) is 0 Å². The van der Waals surface area contributed by atoms with Crippen molar-refractivity contribution in [3.05, 3.63) is 11.6 Å². The lowest BCUT2D eigenvalue weighted by atomic mass is 9.84. The summed E-state index contributed by atoms with van der Waals surface area (Å²) in [4.78, 5) is 4.39. The van der Waals surface area contributed by atoms with E-state index in [1.165, 1.54) is 0 Å². The molecule has 2 N–H and O–H groups in total. The highest BCUT2D eigenvalue weighted by Crippen LogP contribution is 2.25. The third-order valence-electron chi connectivity index (χ3n) is 2.81. The Hall–Kier alpha value is -0.900. The summed E-state index contributed by atoms with van der Waals surface area (Å²) in [5, 5.41) is 4.24. The Bertz CT molecular complexity index is 314. The van der Waals surface area contributed by atoms with Gasteiger partial charge < -0.3 is 5.73 Å². The van der Waals surface area contributed by atoms with Crippen molar-refractivity contribution in [3.63, 3.8) is 0 Å². The average Bonchev–Trinajstić information content (AvgIpc) is 2.42. The molecule has 1 heterocycles. The first-order valence-electron chi connectivity index (χ1n) is 5.51. The molecule has 0 amide bonds. The Morgan fingerprint density at radius 3 is 2.47 bits per heavy atom. The highest BCUT2D eigenvalue weighted by molar-refractivity contribution is 4.91. The predicted molar refractivity (Wildman–Crippen MR) is 61.5 cm³/mol. The maximum absolute atomic E-state index is 5.58. The van der Waals surface area contributed by atoms with Crippen LogP contribution in [0.2, 0.25) is 0 Å². The minimum atomic E-state index is 0.300. The molecule has 0 saturated carbocycles. The maximum Gasteiger partial charge on any atom is 0.147 e. The molecule has 0 fully saturated rings. The van der Waals surface area contributed by atoms with E-state index in [0.717, 1.165) is 37.5 Å². The minimum Gasteiger partial charge on any atom is -0.330 e. The lowest BCUT2D eigenvalue weighted by molar-refractivity contribution is 0.309. The van der Waals surface area contributed by atoms with Crippen LogP contribution in [0, 0.1) is 12.3 Å². The van der Waals surface area contributed by atoms with Gasteiger partial charge in [-0.3, -0.25) is 4.68 Å². The van der Waals surface area contributed by atoms with Gasteiger partial charge in [-0.2, -0.15) is 5.10 Å². The van der Waals surface area contributed by atoms with Crippen LogP contribution in [-0.2, 0) is 13.5 Å². The molecule has 4 nitrogen and oxygen atoms in total. The van der Waals surface area contributed by atoms with Crippen molar-refractivity contribution in [1.82, 2.24) is 14.8 Å². The van der Waals surface area contributed by atoms with Gasteiger partial charge >= 0.3 is 0 Å². The molecule has 0 unspecified atom stereocenters. The van der Waals surface area contributed by atoms with Gasteiger partial charge in [-0.05, 0) is 31.7 Å². The van der Waals surface area contributed by atoms with Crippen molar-refractivity contribution in [3.8, 4) is 0 Å². The smallest absolute Gasteiger partial charge is 0.147 e. The van der Waals surface area contributed by atoms with Gasteiger partial charge in [0.15, 0.2) is 0 Å². The summed E-state index contributed by atoms with van der Waals surface area (Å²) in [6.07, 6.45) is 3.14. The Balaban J connectivity index is 2.53. The molecular formula is C11H22N4. The molecule has 15 heavy (non-hydrogen) atoms. The fourth-order valence-electron chi connectivity index (χ4n) is 1.74. The molecule has 4 heteroatoms. The van der Waals surface area contributed by atoms with E-state index in [-0.39, 0.29) is 0 Å². The van der Waals surface area contributed by atoms with Crippen molar-refractivity contribution in [2.75, 3.05) is 6.54 Å².